The van der Waals surface area contributed by atoms with Gasteiger partial charge in [-0.3, -0.25) is 0 Å². The molecule has 0 fully saturated rings. The third-order valence-electron chi connectivity index (χ3n) is 2.38. The third kappa shape index (κ3) is 2.45. The average molecular weight is 227 g/mol. The average Bonchev–Trinajstić information content (AvgIpc) is 2.32. The molecule has 0 nitrogen and oxygen atoms in total. The topological polar surface area (TPSA) is 0 Å². The third-order valence-corrected chi connectivity index (χ3v) is 2.79. The molecule has 0 spiro atoms. The van der Waals surface area contributed by atoms with E-state index in [0.717, 1.165) is 21.7 Å². The minimum absolute atomic E-state index is 0.764. The van der Waals surface area contributed by atoms with Crippen LogP contribution in [0.4, 0.5) is 0 Å². The number of hydrogen-bond donors (Lipinski definition) is 0. The maximum Gasteiger partial charge on any atom is 0.0447 e. The van der Waals surface area contributed by atoms with Crippen LogP contribution in [-0.4, -0.2) is 0 Å². The molecule has 0 heterocycles. The van der Waals surface area contributed by atoms with Crippen molar-refractivity contribution < 1.29 is 0 Å². The van der Waals surface area contributed by atoms with E-state index in [2.05, 4.69) is 11.8 Å². The van der Waals surface area contributed by atoms with Gasteiger partial charge >= 0.3 is 0 Å². The summed E-state index contributed by atoms with van der Waals surface area (Å²) < 4.78 is 0. The first kappa shape index (κ1) is 10.8. The van der Waals surface area contributed by atoms with Gasteiger partial charge in [-0.25, -0.2) is 0 Å². The Morgan fingerprint density at radius 3 is 2.38 bits per heavy atom. The molecule has 0 aliphatic carbocycles. The Hall–Kier alpha value is -1.71. The van der Waals surface area contributed by atoms with Crippen LogP contribution < -0.4 is 0 Å². The summed E-state index contributed by atoms with van der Waals surface area (Å²) in [5.41, 5.74) is 3.03. The van der Waals surface area contributed by atoms with Gasteiger partial charge in [-0.2, -0.15) is 0 Å². The van der Waals surface area contributed by atoms with Crippen molar-refractivity contribution in [1.29, 1.82) is 0 Å². The van der Waals surface area contributed by atoms with Crippen LogP contribution in [0.15, 0.2) is 48.5 Å². The minimum Gasteiger partial charge on any atom is -0.0840 e. The molecule has 0 saturated heterocycles. The smallest absolute Gasteiger partial charge is 0.0447 e. The van der Waals surface area contributed by atoms with E-state index in [-0.39, 0.29) is 0 Å². The first-order valence-electron chi connectivity index (χ1n) is 5.09. The van der Waals surface area contributed by atoms with Crippen molar-refractivity contribution in [3.8, 4) is 11.8 Å². The maximum atomic E-state index is 6.03. The van der Waals surface area contributed by atoms with Crippen molar-refractivity contribution in [1.82, 2.24) is 0 Å². The van der Waals surface area contributed by atoms with Crippen molar-refractivity contribution >= 4 is 11.6 Å². The second-order valence-electron chi connectivity index (χ2n) is 3.53. The highest BCUT2D eigenvalue weighted by Crippen LogP contribution is 2.17. The number of benzene rings is 2. The summed E-state index contributed by atoms with van der Waals surface area (Å²) in [5, 5.41) is 0.764. The Morgan fingerprint density at radius 2 is 1.62 bits per heavy atom. The first-order chi connectivity index (χ1) is 7.77. The van der Waals surface area contributed by atoms with Crippen LogP contribution in [0, 0.1) is 18.8 Å². The second-order valence-corrected chi connectivity index (χ2v) is 3.94. The van der Waals surface area contributed by atoms with E-state index in [9.17, 15) is 0 Å². The highest BCUT2D eigenvalue weighted by atomic mass is 35.5. The highest BCUT2D eigenvalue weighted by molar-refractivity contribution is 6.31. The van der Waals surface area contributed by atoms with Gasteiger partial charge in [0.05, 0.1) is 0 Å². The van der Waals surface area contributed by atoms with E-state index in [0.29, 0.717) is 0 Å². The number of hydrogen-bond acceptors (Lipinski definition) is 0. The van der Waals surface area contributed by atoms with Gasteiger partial charge < -0.3 is 0 Å². The van der Waals surface area contributed by atoms with Crippen LogP contribution in [-0.2, 0) is 0 Å². The lowest BCUT2D eigenvalue weighted by molar-refractivity contribution is 1.43. The van der Waals surface area contributed by atoms with Crippen LogP contribution in [0.2, 0.25) is 5.02 Å². The van der Waals surface area contributed by atoms with Crippen molar-refractivity contribution in [2.75, 3.05) is 0 Å². The van der Waals surface area contributed by atoms with E-state index >= 15 is 0 Å². The van der Waals surface area contributed by atoms with Crippen molar-refractivity contribution in [2.24, 2.45) is 0 Å². The molecule has 0 aromatic heterocycles. The van der Waals surface area contributed by atoms with Crippen molar-refractivity contribution in [3.63, 3.8) is 0 Å². The summed E-state index contributed by atoms with van der Waals surface area (Å²) in [6, 6.07) is 15.7. The predicted molar refractivity (Wildman–Crippen MR) is 68.6 cm³/mol. The Kier molecular flexibility index (Phi) is 3.29. The zero-order valence-corrected chi connectivity index (χ0v) is 9.75. The molecule has 2 aromatic carbocycles. The van der Waals surface area contributed by atoms with E-state index in [4.69, 9.17) is 11.6 Å². The zero-order chi connectivity index (χ0) is 11.4. The quantitative estimate of drug-likeness (QED) is 0.595. The highest BCUT2D eigenvalue weighted by Gasteiger charge is 1.97. The van der Waals surface area contributed by atoms with E-state index < -0.39 is 0 Å². The van der Waals surface area contributed by atoms with Gasteiger partial charge in [0.2, 0.25) is 0 Å². The fraction of sp³-hybridized carbons (Fsp3) is 0.0667. The fourth-order valence-electron chi connectivity index (χ4n) is 1.40. The van der Waals surface area contributed by atoms with Crippen LogP contribution in [0.25, 0.3) is 0 Å². The van der Waals surface area contributed by atoms with Crippen molar-refractivity contribution in [3.05, 3.63) is 70.2 Å². The van der Waals surface area contributed by atoms with Gasteiger partial charge in [0.15, 0.2) is 0 Å². The molecule has 0 saturated carbocycles. The summed E-state index contributed by atoms with van der Waals surface area (Å²) in [4.78, 5) is 0. The van der Waals surface area contributed by atoms with Gasteiger partial charge in [0.1, 0.15) is 0 Å². The molecule has 0 N–H and O–H groups in total. The monoisotopic (exact) mass is 226 g/mol. The summed E-state index contributed by atoms with van der Waals surface area (Å²) in [5.74, 6) is 6.26. The first-order valence-corrected chi connectivity index (χ1v) is 5.47. The van der Waals surface area contributed by atoms with Gasteiger partial charge in [-0.15, -0.1) is 0 Å². The Balaban J connectivity index is 2.35. The molecule has 0 aliphatic rings. The standard InChI is InChI=1S/C15H11Cl/c1-12-14(8-5-9-15(12)16)11-10-13-6-3-2-4-7-13/h2-9H,1H3. The second kappa shape index (κ2) is 4.88. The lowest BCUT2D eigenvalue weighted by Gasteiger charge is -1.99. The maximum absolute atomic E-state index is 6.03. The molecule has 1 heteroatoms. The minimum atomic E-state index is 0.764. The lowest BCUT2D eigenvalue weighted by Crippen LogP contribution is -1.82. The van der Waals surface area contributed by atoms with Gasteiger partial charge in [-0.1, -0.05) is 47.7 Å². The summed E-state index contributed by atoms with van der Waals surface area (Å²) in [7, 11) is 0. The number of rotatable bonds is 0. The van der Waals surface area contributed by atoms with Crippen LogP contribution in [0.1, 0.15) is 16.7 Å². The molecular weight excluding hydrogens is 216 g/mol. The molecule has 0 aliphatic heterocycles. The van der Waals surface area contributed by atoms with Gasteiger partial charge in [-0.05, 0) is 36.8 Å². The van der Waals surface area contributed by atoms with Crippen LogP contribution >= 0.6 is 11.6 Å². The molecular formula is C15H11Cl. The molecule has 0 atom stereocenters. The molecule has 2 aromatic rings. The van der Waals surface area contributed by atoms with Crippen LogP contribution in [0.3, 0.4) is 0 Å². The van der Waals surface area contributed by atoms with E-state index in [1.165, 1.54) is 0 Å². The van der Waals surface area contributed by atoms with E-state index in [1.807, 2.05) is 55.5 Å². The summed E-state index contributed by atoms with van der Waals surface area (Å²) in [6.45, 7) is 1.98. The summed E-state index contributed by atoms with van der Waals surface area (Å²) >= 11 is 6.03. The molecule has 0 amide bonds. The van der Waals surface area contributed by atoms with Crippen LogP contribution in [0.5, 0.6) is 0 Å². The molecule has 0 radical (unpaired) electrons. The predicted octanol–water partition coefficient (Wildman–Crippen LogP) is 4.05. The number of halogens is 1. The SMILES string of the molecule is Cc1c(Cl)cccc1C#Cc1ccccc1. The Bertz CT molecular complexity index is 545. The lowest BCUT2D eigenvalue weighted by atomic mass is 10.1. The Labute approximate surface area is 101 Å². The van der Waals surface area contributed by atoms with Gasteiger partial charge in [0, 0.05) is 16.1 Å². The molecule has 0 bridgehead atoms. The molecule has 2 rings (SSSR count). The molecule has 0 unspecified atom stereocenters. The normalized spacial score (nSPS) is 9.38. The van der Waals surface area contributed by atoms with Crippen molar-refractivity contribution in [2.45, 2.75) is 6.92 Å². The largest absolute Gasteiger partial charge is 0.0840 e. The van der Waals surface area contributed by atoms with Gasteiger partial charge in [0.25, 0.3) is 0 Å². The molecule has 78 valence electrons. The Morgan fingerprint density at radius 1 is 0.875 bits per heavy atom. The summed E-state index contributed by atoms with van der Waals surface area (Å²) in [6.07, 6.45) is 0. The molecule has 16 heavy (non-hydrogen) atoms. The fourth-order valence-corrected chi connectivity index (χ4v) is 1.58. The zero-order valence-electron chi connectivity index (χ0n) is 9.00. The van der Waals surface area contributed by atoms with E-state index in [1.54, 1.807) is 0 Å².